The minimum Gasteiger partial charge on any atom is -0.461 e. The molecule has 0 fully saturated rings. The normalized spacial score (nSPS) is 11.3. The van der Waals surface area contributed by atoms with Crippen molar-refractivity contribution < 1.29 is 37.2 Å². The summed E-state index contributed by atoms with van der Waals surface area (Å²) in [6.07, 6.45) is -5.08. The summed E-state index contributed by atoms with van der Waals surface area (Å²) in [6, 6.07) is 9.61. The minimum absolute atomic E-state index is 0.00752. The molecule has 4 rings (SSSR count). The Balaban J connectivity index is 1.72. The largest absolute Gasteiger partial charge is 0.573 e. The van der Waals surface area contributed by atoms with Crippen LogP contribution in [-0.2, 0) is 16.0 Å². The zero-order valence-corrected chi connectivity index (χ0v) is 20.7. The molecule has 2 aromatic carbocycles. The number of aromatic nitrogens is 2. The highest BCUT2D eigenvalue weighted by Crippen LogP contribution is 2.31. The van der Waals surface area contributed by atoms with Crippen LogP contribution in [0.3, 0.4) is 0 Å². The number of fused-ring (bicyclic) bond motifs is 1. The van der Waals surface area contributed by atoms with Crippen molar-refractivity contribution in [2.24, 2.45) is 0 Å². The summed E-state index contributed by atoms with van der Waals surface area (Å²) in [6.45, 7) is 1.58. The molecule has 0 atom stereocenters. The fourth-order valence-corrected chi connectivity index (χ4v) is 4.50. The molecule has 0 spiro atoms. The number of benzene rings is 2. The molecule has 4 aromatic rings. The van der Waals surface area contributed by atoms with E-state index in [1.165, 1.54) is 29.6 Å². The second-order valence-electron chi connectivity index (χ2n) is 7.83. The van der Waals surface area contributed by atoms with Gasteiger partial charge in [-0.2, -0.15) is 9.78 Å². The first-order valence-electron chi connectivity index (χ1n) is 11.1. The highest BCUT2D eigenvalue weighted by Gasteiger charge is 2.31. The van der Waals surface area contributed by atoms with Crippen molar-refractivity contribution in [3.63, 3.8) is 0 Å². The van der Waals surface area contributed by atoms with Gasteiger partial charge < -0.3 is 14.8 Å². The number of nitro groups is 1. The van der Waals surface area contributed by atoms with Crippen LogP contribution in [-0.4, -0.2) is 39.5 Å². The highest BCUT2D eigenvalue weighted by atomic mass is 32.1. The van der Waals surface area contributed by atoms with Crippen molar-refractivity contribution >= 4 is 44.7 Å². The quantitative estimate of drug-likeness (QED) is 0.186. The molecule has 0 aliphatic heterocycles. The minimum atomic E-state index is -4.91. The average Bonchev–Trinajstić information content (AvgIpc) is 3.28. The Bertz CT molecular complexity index is 1610. The maximum atomic E-state index is 13.4. The van der Waals surface area contributed by atoms with Crippen molar-refractivity contribution in [1.29, 1.82) is 0 Å². The van der Waals surface area contributed by atoms with Crippen LogP contribution in [0.2, 0.25) is 0 Å². The van der Waals surface area contributed by atoms with Crippen LogP contribution >= 0.6 is 11.3 Å². The number of alkyl halides is 3. The molecule has 1 N–H and O–H groups in total. The first-order valence-corrected chi connectivity index (χ1v) is 12.0. The monoisotopic (exact) mass is 562 g/mol. The van der Waals surface area contributed by atoms with Crippen molar-refractivity contribution in [3.8, 4) is 11.4 Å². The standard InChI is InChI=1S/C24H17F3N4O7S/c1-2-37-23(34)20-17-12-39-21(28-18(32)11-13-3-5-15(6-4-13)31(35)36)19(17)22(33)30(29-20)14-7-9-16(10-8-14)38-24(25,26)27/h3-10,12H,2,11H2,1H3,(H,28,32). The SMILES string of the molecule is CCOC(=O)c1nn(-c2ccc(OC(F)(F)F)cc2)c(=O)c2c(NC(=O)Cc3ccc([N+](=O)[O-])cc3)scc12. The number of esters is 1. The van der Waals surface area contributed by atoms with E-state index >= 15 is 0 Å². The molecule has 11 nitrogen and oxygen atoms in total. The number of halogens is 3. The Labute approximate surface area is 220 Å². The van der Waals surface area contributed by atoms with E-state index in [4.69, 9.17) is 4.74 Å². The summed E-state index contributed by atoms with van der Waals surface area (Å²) in [5, 5.41) is 19.1. The van der Waals surface area contributed by atoms with Crippen LogP contribution in [0.4, 0.5) is 23.9 Å². The van der Waals surface area contributed by atoms with E-state index in [2.05, 4.69) is 15.2 Å². The molecule has 0 saturated heterocycles. The molecule has 0 bridgehead atoms. The molecule has 202 valence electrons. The van der Waals surface area contributed by atoms with E-state index in [0.29, 0.717) is 5.56 Å². The average molecular weight is 562 g/mol. The lowest BCUT2D eigenvalue weighted by molar-refractivity contribution is -0.384. The van der Waals surface area contributed by atoms with Gasteiger partial charge in [-0.05, 0) is 36.8 Å². The second-order valence-corrected chi connectivity index (χ2v) is 8.71. The molecule has 0 aliphatic carbocycles. The fraction of sp³-hybridized carbons (Fsp3) is 0.167. The Kier molecular flexibility index (Phi) is 7.62. The van der Waals surface area contributed by atoms with Crippen LogP contribution in [0.1, 0.15) is 23.0 Å². The van der Waals surface area contributed by atoms with Crippen LogP contribution in [0.15, 0.2) is 58.7 Å². The third kappa shape index (κ3) is 6.20. The van der Waals surface area contributed by atoms with Crippen LogP contribution in [0.25, 0.3) is 16.5 Å². The molecule has 15 heteroatoms. The van der Waals surface area contributed by atoms with E-state index < -0.39 is 34.5 Å². The molecule has 39 heavy (non-hydrogen) atoms. The van der Waals surface area contributed by atoms with Gasteiger partial charge in [-0.3, -0.25) is 19.7 Å². The van der Waals surface area contributed by atoms with Gasteiger partial charge in [-0.1, -0.05) is 12.1 Å². The lowest BCUT2D eigenvalue weighted by Gasteiger charge is -2.12. The third-order valence-corrected chi connectivity index (χ3v) is 6.10. The first-order chi connectivity index (χ1) is 18.5. The highest BCUT2D eigenvalue weighted by molar-refractivity contribution is 7.16. The molecule has 0 saturated carbocycles. The van der Waals surface area contributed by atoms with E-state index in [1.807, 2.05) is 0 Å². The Hall–Kier alpha value is -4.79. The van der Waals surface area contributed by atoms with Crippen LogP contribution in [0.5, 0.6) is 5.75 Å². The van der Waals surface area contributed by atoms with Crippen molar-refractivity contribution in [1.82, 2.24) is 9.78 Å². The smallest absolute Gasteiger partial charge is 0.461 e. The maximum absolute atomic E-state index is 13.4. The molecule has 1 amide bonds. The van der Waals surface area contributed by atoms with Gasteiger partial charge in [-0.25, -0.2) is 4.79 Å². The molecular weight excluding hydrogens is 545 g/mol. The van der Waals surface area contributed by atoms with Crippen molar-refractivity contribution in [2.45, 2.75) is 19.7 Å². The lowest BCUT2D eigenvalue weighted by atomic mass is 10.1. The topological polar surface area (TPSA) is 143 Å². The molecular formula is C24H17F3N4O7S. The summed E-state index contributed by atoms with van der Waals surface area (Å²) in [4.78, 5) is 49.0. The Morgan fingerprint density at radius 2 is 1.79 bits per heavy atom. The van der Waals surface area contributed by atoms with Gasteiger partial charge >= 0.3 is 12.3 Å². The Morgan fingerprint density at radius 3 is 2.38 bits per heavy atom. The number of anilines is 1. The number of carbonyl (C=O) groups is 2. The number of hydrogen-bond acceptors (Lipinski definition) is 9. The number of nitro benzene ring substituents is 1. The zero-order valence-electron chi connectivity index (χ0n) is 19.9. The van der Waals surface area contributed by atoms with E-state index in [0.717, 1.165) is 40.3 Å². The summed E-state index contributed by atoms with van der Waals surface area (Å²) >= 11 is 0.957. The van der Waals surface area contributed by atoms with Gasteiger partial charge in [0.15, 0.2) is 5.69 Å². The lowest BCUT2D eigenvalue weighted by Crippen LogP contribution is -2.26. The third-order valence-electron chi connectivity index (χ3n) is 5.20. The van der Waals surface area contributed by atoms with Gasteiger partial charge in [0.25, 0.3) is 11.2 Å². The predicted octanol–water partition coefficient (Wildman–Crippen LogP) is 4.61. The molecule has 2 aromatic heterocycles. The summed E-state index contributed by atoms with van der Waals surface area (Å²) in [5.74, 6) is -1.92. The molecule has 0 radical (unpaired) electrons. The number of thiophene rings is 1. The summed E-state index contributed by atoms with van der Waals surface area (Å²) < 4.78 is 47.2. The van der Waals surface area contributed by atoms with Crippen molar-refractivity contribution in [3.05, 3.63) is 85.6 Å². The number of nitrogens with zero attached hydrogens (tertiary/aromatic N) is 3. The Morgan fingerprint density at radius 1 is 1.13 bits per heavy atom. The number of amides is 1. The van der Waals surface area contributed by atoms with Gasteiger partial charge in [0.1, 0.15) is 10.8 Å². The molecule has 0 unspecified atom stereocenters. The van der Waals surface area contributed by atoms with Crippen molar-refractivity contribution in [2.75, 3.05) is 11.9 Å². The maximum Gasteiger partial charge on any atom is 0.573 e. The van der Waals surface area contributed by atoms with Crippen LogP contribution in [0, 0.1) is 10.1 Å². The summed E-state index contributed by atoms with van der Waals surface area (Å²) in [7, 11) is 0. The van der Waals surface area contributed by atoms with Gasteiger partial charge in [-0.15, -0.1) is 24.5 Å². The molecule has 2 heterocycles. The molecule has 0 aliphatic rings. The first kappa shape index (κ1) is 27.3. The number of non-ortho nitro benzene ring substituents is 1. The number of ether oxygens (including phenoxy) is 2. The van der Waals surface area contributed by atoms with Gasteiger partial charge in [0.2, 0.25) is 5.91 Å². The van der Waals surface area contributed by atoms with Gasteiger partial charge in [0.05, 0.1) is 29.0 Å². The number of nitrogens with one attached hydrogen (secondary N) is 1. The second kappa shape index (κ2) is 10.9. The van der Waals surface area contributed by atoms with Crippen LogP contribution < -0.4 is 15.6 Å². The zero-order chi connectivity index (χ0) is 28.3. The number of carbonyl (C=O) groups excluding carboxylic acids is 2. The number of hydrogen-bond donors (Lipinski definition) is 1. The van der Waals surface area contributed by atoms with E-state index in [-0.39, 0.29) is 45.9 Å². The van der Waals surface area contributed by atoms with E-state index in [1.54, 1.807) is 6.92 Å². The predicted molar refractivity (Wildman–Crippen MR) is 133 cm³/mol. The number of rotatable bonds is 8. The fourth-order valence-electron chi connectivity index (χ4n) is 3.55. The summed E-state index contributed by atoms with van der Waals surface area (Å²) in [5.41, 5.74) is -0.632. The van der Waals surface area contributed by atoms with E-state index in [9.17, 15) is 37.7 Å². The van der Waals surface area contributed by atoms with Gasteiger partial charge in [0, 0.05) is 22.9 Å².